The third-order valence-corrected chi connectivity index (χ3v) is 0. The first-order chi connectivity index (χ1) is 1.41. The summed E-state index contributed by atoms with van der Waals surface area (Å²) in [5.74, 6) is 0. The van der Waals surface area contributed by atoms with E-state index in [9.17, 15) is 0 Å². The first-order valence-corrected chi connectivity index (χ1v) is 3.46. The molecule has 0 radical (unpaired) electrons. The lowest BCUT2D eigenvalue weighted by molar-refractivity contribution is -0.000000738. The molecule has 0 aromatic carbocycles. The zero-order valence-corrected chi connectivity index (χ0v) is 4.87. The van der Waals surface area contributed by atoms with Gasteiger partial charge in [0.2, 0.25) is 0 Å². The molecule has 0 spiro atoms. The van der Waals surface area contributed by atoms with Crippen LogP contribution in [0.3, 0.4) is 0 Å². The molecule has 0 amide bonds. The van der Waals surface area contributed by atoms with E-state index in [1.165, 1.54) is 0 Å². The molecule has 4 heavy (non-hydrogen) atoms. The second kappa shape index (κ2) is 9.30. The van der Waals surface area contributed by atoms with Crippen molar-refractivity contribution in [1.82, 2.24) is 0 Å². The van der Waals surface area contributed by atoms with Gasteiger partial charge >= 0.3 is 0 Å². The summed E-state index contributed by atoms with van der Waals surface area (Å²) in [6, 6.07) is 0. The van der Waals surface area contributed by atoms with Gasteiger partial charge in [-0.25, -0.2) is 0 Å². The Balaban J connectivity index is 0. The topological polar surface area (TPSA) is 0 Å². The Bertz CT molecular complexity index is 6.00. The molecular formula is C2H8ClP. The van der Waals surface area contributed by atoms with Crippen LogP contribution in [0.25, 0.3) is 0 Å². The molecule has 0 rings (SSSR count). The summed E-state index contributed by atoms with van der Waals surface area (Å²) in [4.78, 5) is 0. The fourth-order valence-electron chi connectivity index (χ4n) is 0. The maximum atomic E-state index is 2.21. The molecule has 0 fully saturated rings. The van der Waals surface area contributed by atoms with Crippen LogP contribution in [-0.4, -0.2) is 13.3 Å². The monoisotopic (exact) mass is 98.0 g/mol. The lowest BCUT2D eigenvalue weighted by Crippen LogP contribution is -3.00. The van der Waals surface area contributed by atoms with Crippen LogP contribution in [0.1, 0.15) is 0 Å². The summed E-state index contributed by atoms with van der Waals surface area (Å²) in [6.45, 7) is 4.42. The minimum Gasteiger partial charge on any atom is -1.00 e. The van der Waals surface area contributed by atoms with Gasteiger partial charge in [0.05, 0.1) is 0 Å². The van der Waals surface area contributed by atoms with Crippen LogP contribution in [0.5, 0.6) is 0 Å². The van der Waals surface area contributed by atoms with Crippen molar-refractivity contribution in [2.75, 3.05) is 13.3 Å². The number of rotatable bonds is 0. The maximum Gasteiger partial charge on any atom is 0.0441 e. The fraction of sp³-hybridized carbons (Fsp3) is 1.00. The predicted molar refractivity (Wildman–Crippen MR) is 21.6 cm³/mol. The lowest BCUT2D eigenvalue weighted by Gasteiger charge is -1.40. The van der Waals surface area contributed by atoms with Gasteiger partial charge in [-0.3, -0.25) is 0 Å². The highest BCUT2D eigenvalue weighted by molar-refractivity contribution is 7.35. The van der Waals surface area contributed by atoms with E-state index in [0.717, 1.165) is 8.58 Å². The third kappa shape index (κ3) is 15.5. The molecule has 0 aliphatic rings. The van der Waals surface area contributed by atoms with Crippen LogP contribution in [-0.2, 0) is 0 Å². The molecule has 2 heteroatoms. The van der Waals surface area contributed by atoms with Crippen molar-refractivity contribution < 1.29 is 12.4 Å². The van der Waals surface area contributed by atoms with Crippen LogP contribution in [0.4, 0.5) is 0 Å². The molecule has 0 heterocycles. The van der Waals surface area contributed by atoms with E-state index in [0.29, 0.717) is 0 Å². The Kier molecular flexibility index (Phi) is 20.5. The minimum absolute atomic E-state index is 0. The lowest BCUT2D eigenvalue weighted by atomic mass is 11.9. The van der Waals surface area contributed by atoms with Gasteiger partial charge in [-0.2, -0.15) is 0 Å². The quantitative estimate of drug-likeness (QED) is 0.298. The molecule has 28 valence electrons. The summed E-state index contributed by atoms with van der Waals surface area (Å²) in [6.07, 6.45) is 0. The van der Waals surface area contributed by atoms with E-state index in [4.69, 9.17) is 0 Å². The van der Waals surface area contributed by atoms with Crippen molar-refractivity contribution >= 4 is 8.58 Å². The minimum atomic E-state index is 0. The van der Waals surface area contributed by atoms with Crippen molar-refractivity contribution in [3.8, 4) is 0 Å². The zero-order valence-electron chi connectivity index (χ0n) is 2.96. The van der Waals surface area contributed by atoms with Gasteiger partial charge in [0, 0.05) is 13.3 Å². The van der Waals surface area contributed by atoms with E-state index in [2.05, 4.69) is 13.3 Å². The Morgan fingerprint density at radius 2 is 1.25 bits per heavy atom. The Hall–Kier alpha value is 0.720. The smallest absolute Gasteiger partial charge is 0.0441 e. The molecule has 0 saturated carbocycles. The Morgan fingerprint density at radius 1 is 1.25 bits per heavy atom. The summed E-state index contributed by atoms with van der Waals surface area (Å²) in [5, 5.41) is 0. The molecule has 0 aliphatic heterocycles. The Labute approximate surface area is 35.2 Å². The van der Waals surface area contributed by atoms with E-state index in [-0.39, 0.29) is 12.4 Å². The highest BCUT2D eigenvalue weighted by Gasteiger charge is 1.43. The molecule has 0 bridgehead atoms. The fourth-order valence-corrected chi connectivity index (χ4v) is 0. The molecule has 0 aromatic rings. The molecule has 0 unspecified atom stereocenters. The molecule has 0 aromatic heterocycles. The van der Waals surface area contributed by atoms with Crippen molar-refractivity contribution in [2.45, 2.75) is 0 Å². The van der Waals surface area contributed by atoms with E-state index in [1.807, 2.05) is 0 Å². The van der Waals surface area contributed by atoms with E-state index < -0.39 is 0 Å². The summed E-state index contributed by atoms with van der Waals surface area (Å²) in [7, 11) is 0.750. The normalized spacial score (nSPS) is 4.50. The van der Waals surface area contributed by atoms with Crippen molar-refractivity contribution in [2.24, 2.45) is 0 Å². The number of hydrogen-bond donors (Lipinski definition) is 0. The first-order valence-electron chi connectivity index (χ1n) is 1.15. The molecular weight excluding hydrogens is 90.4 g/mol. The highest BCUT2D eigenvalue weighted by atomic mass is 35.5. The van der Waals surface area contributed by atoms with Gasteiger partial charge in [0.15, 0.2) is 0 Å². The number of hydrogen-bond acceptors (Lipinski definition) is 0. The van der Waals surface area contributed by atoms with Gasteiger partial charge < -0.3 is 12.4 Å². The largest absolute Gasteiger partial charge is 1.00 e. The van der Waals surface area contributed by atoms with Crippen LogP contribution < -0.4 is 12.4 Å². The second-order valence-corrected chi connectivity index (χ2v) is 1.73. The highest BCUT2D eigenvalue weighted by Crippen LogP contribution is 1.84. The SMILES string of the molecule is C[PH2+]C.[Cl-]. The maximum absolute atomic E-state index is 2.21. The zero-order chi connectivity index (χ0) is 2.71. The van der Waals surface area contributed by atoms with E-state index >= 15 is 0 Å². The van der Waals surface area contributed by atoms with Crippen molar-refractivity contribution in [1.29, 1.82) is 0 Å². The molecule has 0 saturated heterocycles. The van der Waals surface area contributed by atoms with Gasteiger partial charge in [0.25, 0.3) is 0 Å². The molecule has 0 aliphatic carbocycles. The van der Waals surface area contributed by atoms with Gasteiger partial charge in [-0.1, -0.05) is 0 Å². The molecule has 0 nitrogen and oxygen atoms in total. The predicted octanol–water partition coefficient (Wildman–Crippen LogP) is -2.34. The van der Waals surface area contributed by atoms with Crippen molar-refractivity contribution in [3.05, 3.63) is 0 Å². The van der Waals surface area contributed by atoms with Crippen LogP contribution in [0.15, 0.2) is 0 Å². The average Bonchev–Trinajstić information content (AvgIpc) is 0.918. The summed E-state index contributed by atoms with van der Waals surface area (Å²) in [5.41, 5.74) is 0. The number of halogens is 1. The van der Waals surface area contributed by atoms with Gasteiger partial charge in [-0.15, -0.1) is 0 Å². The standard InChI is InChI=1S/C2H7P.ClH/c1-3-2;/h3H,1-2H3;1H. The van der Waals surface area contributed by atoms with Crippen LogP contribution in [0, 0.1) is 0 Å². The second-order valence-electron chi connectivity index (χ2n) is 0.577. The van der Waals surface area contributed by atoms with Gasteiger partial charge in [-0.05, 0) is 8.58 Å². The summed E-state index contributed by atoms with van der Waals surface area (Å²) < 4.78 is 0. The Morgan fingerprint density at radius 3 is 1.25 bits per heavy atom. The molecule has 0 N–H and O–H groups in total. The van der Waals surface area contributed by atoms with Crippen LogP contribution >= 0.6 is 8.58 Å². The average molecular weight is 98.5 g/mol. The van der Waals surface area contributed by atoms with E-state index in [1.54, 1.807) is 0 Å². The third-order valence-electron chi connectivity index (χ3n) is 0. The molecule has 0 atom stereocenters. The van der Waals surface area contributed by atoms with Gasteiger partial charge in [0.1, 0.15) is 0 Å². The summed E-state index contributed by atoms with van der Waals surface area (Å²) >= 11 is 0. The van der Waals surface area contributed by atoms with Crippen molar-refractivity contribution in [3.63, 3.8) is 0 Å². The first kappa shape index (κ1) is 8.83. The van der Waals surface area contributed by atoms with Crippen LogP contribution in [0.2, 0.25) is 0 Å².